The number of aryl methyl sites for hydroxylation is 1. The van der Waals surface area contributed by atoms with E-state index < -0.39 is 10.0 Å². The molecule has 3 aliphatic heterocycles. The van der Waals surface area contributed by atoms with Crippen LogP contribution in [-0.2, 0) is 32.5 Å². The Labute approximate surface area is 201 Å². The third-order valence-electron chi connectivity index (χ3n) is 7.16. The number of benzene rings is 2. The number of hydrogen-bond donors (Lipinski definition) is 0. The number of fused-ring (bicyclic) bond motifs is 2. The first-order valence-corrected chi connectivity index (χ1v) is 13.7. The Bertz CT molecular complexity index is 1200. The summed E-state index contributed by atoms with van der Waals surface area (Å²) in [6, 6.07) is 12.7. The highest BCUT2D eigenvalue weighted by Crippen LogP contribution is 2.35. The van der Waals surface area contributed by atoms with Crippen molar-refractivity contribution in [1.29, 1.82) is 0 Å². The van der Waals surface area contributed by atoms with Crippen LogP contribution in [0.4, 0.5) is 11.4 Å². The van der Waals surface area contributed by atoms with Crippen LogP contribution in [0.1, 0.15) is 49.7 Å². The Balaban J connectivity index is 1.29. The minimum atomic E-state index is -3.69. The number of hydrogen-bond acceptors (Lipinski definition) is 4. The van der Waals surface area contributed by atoms with Crippen LogP contribution in [0.15, 0.2) is 47.4 Å². The van der Waals surface area contributed by atoms with Crippen molar-refractivity contribution in [2.75, 3.05) is 35.4 Å². The molecule has 0 atom stereocenters. The van der Waals surface area contributed by atoms with Crippen LogP contribution >= 0.6 is 0 Å². The molecule has 34 heavy (non-hydrogen) atoms. The van der Waals surface area contributed by atoms with Crippen molar-refractivity contribution in [1.82, 2.24) is 4.90 Å². The van der Waals surface area contributed by atoms with Gasteiger partial charge >= 0.3 is 0 Å². The van der Waals surface area contributed by atoms with Gasteiger partial charge in [0.05, 0.1) is 10.6 Å². The predicted octanol–water partition coefficient (Wildman–Crippen LogP) is 3.51. The van der Waals surface area contributed by atoms with Crippen molar-refractivity contribution >= 4 is 33.2 Å². The molecule has 1 fully saturated rings. The summed E-state index contributed by atoms with van der Waals surface area (Å²) in [4.78, 5) is 29.2. The van der Waals surface area contributed by atoms with E-state index in [2.05, 4.69) is 0 Å². The topological polar surface area (TPSA) is 78.0 Å². The van der Waals surface area contributed by atoms with E-state index in [9.17, 15) is 18.0 Å². The number of piperidine rings is 1. The Hall–Kier alpha value is -2.87. The van der Waals surface area contributed by atoms with Gasteiger partial charge in [0, 0.05) is 44.7 Å². The van der Waals surface area contributed by atoms with Crippen molar-refractivity contribution < 1.29 is 18.0 Å². The summed E-state index contributed by atoms with van der Waals surface area (Å²) in [5, 5.41) is 0. The second-order valence-corrected chi connectivity index (χ2v) is 11.2. The molecule has 0 N–H and O–H groups in total. The van der Waals surface area contributed by atoms with Gasteiger partial charge in [0.15, 0.2) is 0 Å². The zero-order valence-corrected chi connectivity index (χ0v) is 20.2. The van der Waals surface area contributed by atoms with Gasteiger partial charge < -0.3 is 9.80 Å². The molecule has 0 aromatic heterocycles. The Morgan fingerprint density at radius 1 is 0.735 bits per heavy atom. The van der Waals surface area contributed by atoms with Crippen molar-refractivity contribution in [2.24, 2.45) is 0 Å². The van der Waals surface area contributed by atoms with Gasteiger partial charge in [-0.1, -0.05) is 18.2 Å². The molecule has 3 aliphatic rings. The highest BCUT2D eigenvalue weighted by atomic mass is 32.2. The minimum absolute atomic E-state index is 0.0516. The van der Waals surface area contributed by atoms with Crippen LogP contribution in [-0.4, -0.2) is 51.3 Å². The maximum atomic E-state index is 13.5. The maximum Gasteiger partial charge on any atom is 0.264 e. The molecular formula is C26H31N3O4S. The van der Waals surface area contributed by atoms with E-state index in [1.54, 1.807) is 23.1 Å². The molecule has 0 saturated carbocycles. The average molecular weight is 482 g/mol. The van der Waals surface area contributed by atoms with Crippen molar-refractivity contribution in [2.45, 2.75) is 56.3 Å². The second-order valence-electron chi connectivity index (χ2n) is 9.34. The van der Waals surface area contributed by atoms with E-state index in [-0.39, 0.29) is 29.6 Å². The van der Waals surface area contributed by atoms with Crippen LogP contribution in [0.2, 0.25) is 0 Å². The SMILES string of the molecule is O=C(CCC(=O)N1CCc2cc(S(=O)(=O)N3CCCc4ccccc43)ccc21)N1CCCCC1. The highest BCUT2D eigenvalue weighted by molar-refractivity contribution is 7.92. The van der Waals surface area contributed by atoms with Gasteiger partial charge in [0.1, 0.15) is 0 Å². The lowest BCUT2D eigenvalue weighted by molar-refractivity contribution is -0.133. The lowest BCUT2D eigenvalue weighted by Gasteiger charge is -2.30. The van der Waals surface area contributed by atoms with Crippen LogP contribution in [0.3, 0.4) is 0 Å². The zero-order valence-electron chi connectivity index (χ0n) is 19.4. The Morgan fingerprint density at radius 2 is 1.50 bits per heavy atom. The summed E-state index contributed by atoms with van der Waals surface area (Å²) >= 11 is 0. The number of rotatable bonds is 5. The number of anilines is 2. The molecule has 2 aromatic rings. The summed E-state index contributed by atoms with van der Waals surface area (Å²) in [7, 11) is -3.69. The molecule has 0 aliphatic carbocycles. The van der Waals surface area contributed by atoms with Crippen molar-refractivity contribution in [3.63, 3.8) is 0 Å². The molecule has 0 unspecified atom stereocenters. The smallest absolute Gasteiger partial charge is 0.264 e. The number of para-hydroxylation sites is 1. The molecular weight excluding hydrogens is 450 g/mol. The number of carbonyl (C=O) groups excluding carboxylic acids is 2. The second kappa shape index (κ2) is 9.41. The fraction of sp³-hybridized carbons (Fsp3) is 0.462. The first-order valence-electron chi connectivity index (χ1n) is 12.3. The maximum absolute atomic E-state index is 13.5. The fourth-order valence-electron chi connectivity index (χ4n) is 5.32. The van der Waals surface area contributed by atoms with Crippen LogP contribution in [0.25, 0.3) is 0 Å². The van der Waals surface area contributed by atoms with Gasteiger partial charge in [-0.05, 0) is 73.9 Å². The number of nitrogens with zero attached hydrogens (tertiary/aromatic N) is 3. The number of sulfonamides is 1. The first kappa shape index (κ1) is 22.9. The standard InChI is InChI=1S/C26H31N3O4S/c30-25(27-15-4-1-5-16-27)12-13-26(31)28-18-14-21-19-22(10-11-23(21)28)34(32,33)29-17-6-8-20-7-2-3-9-24(20)29/h2-3,7,9-11,19H,1,4-6,8,12-18H2. The first-order chi connectivity index (χ1) is 16.4. The normalized spacial score (nSPS) is 17.9. The summed E-state index contributed by atoms with van der Waals surface area (Å²) in [6.07, 6.45) is 5.92. The molecule has 5 rings (SSSR count). The Morgan fingerprint density at radius 3 is 2.32 bits per heavy atom. The van der Waals surface area contributed by atoms with Gasteiger partial charge in [0.2, 0.25) is 11.8 Å². The number of amides is 2. The molecule has 3 heterocycles. The van der Waals surface area contributed by atoms with Gasteiger partial charge in [0.25, 0.3) is 10.0 Å². The third kappa shape index (κ3) is 4.31. The lowest BCUT2D eigenvalue weighted by atomic mass is 10.0. The lowest BCUT2D eigenvalue weighted by Crippen LogP contribution is -2.37. The van der Waals surface area contributed by atoms with Crippen LogP contribution in [0, 0.1) is 0 Å². The largest absolute Gasteiger partial charge is 0.343 e. The van der Waals surface area contributed by atoms with E-state index in [0.29, 0.717) is 19.5 Å². The Kier molecular flexibility index (Phi) is 6.34. The zero-order chi connectivity index (χ0) is 23.7. The van der Waals surface area contributed by atoms with Crippen LogP contribution < -0.4 is 9.21 Å². The predicted molar refractivity (Wildman–Crippen MR) is 131 cm³/mol. The summed E-state index contributed by atoms with van der Waals surface area (Å²) < 4.78 is 28.5. The molecule has 2 aromatic carbocycles. The molecule has 2 amide bonds. The minimum Gasteiger partial charge on any atom is -0.343 e. The van der Waals surface area contributed by atoms with E-state index in [1.807, 2.05) is 29.2 Å². The summed E-state index contributed by atoms with van der Waals surface area (Å²) in [6.45, 7) is 2.56. The van der Waals surface area contributed by atoms with E-state index in [1.165, 1.54) is 4.31 Å². The van der Waals surface area contributed by atoms with Crippen molar-refractivity contribution in [3.8, 4) is 0 Å². The van der Waals surface area contributed by atoms with Gasteiger partial charge in [-0.25, -0.2) is 8.42 Å². The molecule has 0 radical (unpaired) electrons. The quantitative estimate of drug-likeness (QED) is 0.655. The number of carbonyl (C=O) groups is 2. The molecule has 7 nitrogen and oxygen atoms in total. The average Bonchev–Trinajstić information content (AvgIpc) is 3.30. The van der Waals surface area contributed by atoms with Crippen molar-refractivity contribution in [3.05, 3.63) is 53.6 Å². The summed E-state index contributed by atoms with van der Waals surface area (Å²) in [5.41, 5.74) is 3.43. The van der Waals surface area contributed by atoms with Gasteiger partial charge in [-0.15, -0.1) is 0 Å². The molecule has 8 heteroatoms. The van der Waals surface area contributed by atoms with E-state index in [0.717, 1.165) is 67.7 Å². The molecule has 0 bridgehead atoms. The number of likely N-dealkylation sites (tertiary alicyclic amines) is 1. The summed E-state index contributed by atoms with van der Waals surface area (Å²) in [5.74, 6) is -0.0274. The van der Waals surface area contributed by atoms with Gasteiger partial charge in [-0.3, -0.25) is 13.9 Å². The monoisotopic (exact) mass is 481 g/mol. The molecule has 180 valence electrons. The van der Waals surface area contributed by atoms with Crippen LogP contribution in [0.5, 0.6) is 0 Å². The van der Waals surface area contributed by atoms with Gasteiger partial charge in [-0.2, -0.15) is 0 Å². The highest BCUT2D eigenvalue weighted by Gasteiger charge is 2.32. The fourth-order valence-corrected chi connectivity index (χ4v) is 6.92. The van der Waals surface area contributed by atoms with E-state index >= 15 is 0 Å². The van der Waals surface area contributed by atoms with E-state index in [4.69, 9.17) is 0 Å². The third-order valence-corrected chi connectivity index (χ3v) is 8.97. The molecule has 1 saturated heterocycles. The molecule has 0 spiro atoms.